The van der Waals surface area contributed by atoms with Crippen molar-refractivity contribution in [3.8, 4) is 0 Å². The number of nitrogens with zero attached hydrogens (tertiary/aromatic N) is 2. The van der Waals surface area contributed by atoms with Gasteiger partial charge in [-0.05, 0) is 45.0 Å². The van der Waals surface area contributed by atoms with E-state index in [4.69, 9.17) is 0 Å². The van der Waals surface area contributed by atoms with Crippen LogP contribution in [0, 0.1) is 21.7 Å². The summed E-state index contributed by atoms with van der Waals surface area (Å²) in [5.41, 5.74) is -0.804. The molecule has 1 aliphatic rings. The summed E-state index contributed by atoms with van der Waals surface area (Å²) < 4.78 is 26.7. The highest BCUT2D eigenvalue weighted by Gasteiger charge is 2.21. The average molecular weight is 285 g/mol. The van der Waals surface area contributed by atoms with E-state index in [1.54, 1.807) is 0 Å². The maximum atomic E-state index is 13.6. The van der Waals surface area contributed by atoms with E-state index in [0.29, 0.717) is 6.54 Å². The molecule has 0 amide bonds. The van der Waals surface area contributed by atoms with Gasteiger partial charge in [-0.25, -0.2) is 8.78 Å². The van der Waals surface area contributed by atoms with E-state index in [1.807, 2.05) is 0 Å². The van der Waals surface area contributed by atoms with Crippen molar-refractivity contribution in [3.05, 3.63) is 33.9 Å². The summed E-state index contributed by atoms with van der Waals surface area (Å²) in [6, 6.07) is 1.74. The molecule has 1 aromatic rings. The standard InChI is InChI=1S/C13H17F2N3O2/c14-10-4-5-11(18(19)20)13(12(10)15)16-6-3-9-17-7-1-2-8-17/h4-5,16H,1-3,6-9H2. The summed E-state index contributed by atoms with van der Waals surface area (Å²) in [6.45, 7) is 3.36. The van der Waals surface area contributed by atoms with Crippen molar-refractivity contribution in [1.29, 1.82) is 0 Å². The SMILES string of the molecule is O=[N+]([O-])c1ccc(F)c(F)c1NCCCN1CCCC1. The Kier molecular flexibility index (Phi) is 4.84. The van der Waals surface area contributed by atoms with Crippen LogP contribution in [0.3, 0.4) is 0 Å². The molecule has 1 aliphatic heterocycles. The van der Waals surface area contributed by atoms with Crippen molar-refractivity contribution in [3.63, 3.8) is 0 Å². The van der Waals surface area contributed by atoms with Crippen LogP contribution >= 0.6 is 0 Å². The zero-order chi connectivity index (χ0) is 14.5. The third kappa shape index (κ3) is 3.41. The fourth-order valence-electron chi connectivity index (χ4n) is 2.38. The Balaban J connectivity index is 1.93. The first-order valence-electron chi connectivity index (χ1n) is 6.68. The van der Waals surface area contributed by atoms with Gasteiger partial charge in [-0.2, -0.15) is 0 Å². The number of hydrogen-bond acceptors (Lipinski definition) is 4. The van der Waals surface area contributed by atoms with Gasteiger partial charge in [0.1, 0.15) is 0 Å². The predicted octanol–water partition coefficient (Wildman–Crippen LogP) is 2.77. The van der Waals surface area contributed by atoms with Crippen LogP contribution in [0.4, 0.5) is 20.2 Å². The van der Waals surface area contributed by atoms with Crippen LogP contribution in [0.25, 0.3) is 0 Å². The number of nitro groups is 1. The van der Waals surface area contributed by atoms with Gasteiger partial charge in [0.2, 0.25) is 0 Å². The third-order valence-corrected chi connectivity index (χ3v) is 3.42. The lowest BCUT2D eigenvalue weighted by Gasteiger charge is -2.15. The minimum atomic E-state index is -1.19. The Morgan fingerprint density at radius 1 is 1.30 bits per heavy atom. The van der Waals surface area contributed by atoms with Gasteiger partial charge < -0.3 is 10.2 Å². The van der Waals surface area contributed by atoms with E-state index in [-0.39, 0.29) is 5.69 Å². The van der Waals surface area contributed by atoms with Gasteiger partial charge in [-0.3, -0.25) is 10.1 Å². The molecule has 20 heavy (non-hydrogen) atoms. The van der Waals surface area contributed by atoms with Gasteiger partial charge in [0.05, 0.1) is 4.92 Å². The van der Waals surface area contributed by atoms with Crippen LogP contribution in [0.1, 0.15) is 19.3 Å². The van der Waals surface area contributed by atoms with Crippen LogP contribution in [0.5, 0.6) is 0 Å². The molecule has 1 aromatic carbocycles. The second-order valence-corrected chi connectivity index (χ2v) is 4.84. The lowest BCUT2D eigenvalue weighted by atomic mass is 10.2. The zero-order valence-corrected chi connectivity index (χ0v) is 11.1. The van der Waals surface area contributed by atoms with E-state index < -0.39 is 22.2 Å². The molecule has 1 heterocycles. The van der Waals surface area contributed by atoms with Crippen LogP contribution in [0.15, 0.2) is 12.1 Å². The van der Waals surface area contributed by atoms with Crippen molar-refractivity contribution in [1.82, 2.24) is 4.90 Å². The second-order valence-electron chi connectivity index (χ2n) is 4.84. The predicted molar refractivity (Wildman–Crippen MR) is 71.8 cm³/mol. The Morgan fingerprint density at radius 2 is 2.00 bits per heavy atom. The van der Waals surface area contributed by atoms with E-state index in [1.165, 1.54) is 12.8 Å². The van der Waals surface area contributed by atoms with Gasteiger partial charge in [0, 0.05) is 12.6 Å². The number of hydrogen-bond donors (Lipinski definition) is 1. The molecule has 0 unspecified atom stereocenters. The Morgan fingerprint density at radius 3 is 2.65 bits per heavy atom. The van der Waals surface area contributed by atoms with E-state index in [9.17, 15) is 18.9 Å². The molecule has 0 aliphatic carbocycles. The fraction of sp³-hybridized carbons (Fsp3) is 0.538. The molecule has 5 nitrogen and oxygen atoms in total. The molecule has 0 radical (unpaired) electrons. The molecule has 0 atom stereocenters. The number of benzene rings is 1. The van der Waals surface area contributed by atoms with Gasteiger partial charge in [0.15, 0.2) is 17.3 Å². The first-order valence-corrected chi connectivity index (χ1v) is 6.68. The van der Waals surface area contributed by atoms with E-state index in [0.717, 1.165) is 38.2 Å². The van der Waals surface area contributed by atoms with Gasteiger partial charge in [0.25, 0.3) is 5.69 Å². The monoisotopic (exact) mass is 285 g/mol. The van der Waals surface area contributed by atoms with Gasteiger partial charge in [-0.15, -0.1) is 0 Å². The van der Waals surface area contributed by atoms with Crippen LogP contribution < -0.4 is 5.32 Å². The maximum Gasteiger partial charge on any atom is 0.295 e. The third-order valence-electron chi connectivity index (χ3n) is 3.42. The van der Waals surface area contributed by atoms with E-state index in [2.05, 4.69) is 10.2 Å². The molecule has 0 saturated carbocycles. The number of nitrogens with one attached hydrogen (secondary N) is 1. The molecule has 0 bridgehead atoms. The summed E-state index contributed by atoms with van der Waals surface area (Å²) >= 11 is 0. The molecule has 110 valence electrons. The maximum absolute atomic E-state index is 13.6. The van der Waals surface area contributed by atoms with Crippen LogP contribution in [-0.2, 0) is 0 Å². The quantitative estimate of drug-likeness (QED) is 0.496. The van der Waals surface area contributed by atoms with Crippen molar-refractivity contribution < 1.29 is 13.7 Å². The fourth-order valence-corrected chi connectivity index (χ4v) is 2.38. The summed E-state index contributed by atoms with van der Waals surface area (Å²) in [5, 5.41) is 13.4. The highest BCUT2D eigenvalue weighted by Crippen LogP contribution is 2.28. The van der Waals surface area contributed by atoms with Crippen LogP contribution in [-0.4, -0.2) is 36.0 Å². The highest BCUT2D eigenvalue weighted by atomic mass is 19.2. The second kappa shape index (κ2) is 6.60. The van der Waals surface area contributed by atoms with Crippen molar-refractivity contribution in [2.24, 2.45) is 0 Å². The lowest BCUT2D eigenvalue weighted by Crippen LogP contribution is -2.22. The Bertz CT molecular complexity index is 491. The molecular formula is C13H17F2N3O2. The number of likely N-dealkylation sites (tertiary alicyclic amines) is 1. The normalized spacial score (nSPS) is 15.5. The molecule has 0 spiro atoms. The zero-order valence-electron chi connectivity index (χ0n) is 11.1. The summed E-state index contributed by atoms with van der Waals surface area (Å²) in [4.78, 5) is 12.4. The number of nitro benzene ring substituents is 1. The molecule has 1 fully saturated rings. The van der Waals surface area contributed by atoms with Gasteiger partial charge in [-0.1, -0.05) is 0 Å². The number of rotatable bonds is 6. The first kappa shape index (κ1) is 14.6. The van der Waals surface area contributed by atoms with Gasteiger partial charge >= 0.3 is 0 Å². The molecule has 0 aromatic heterocycles. The summed E-state index contributed by atoms with van der Waals surface area (Å²) in [6.07, 6.45) is 3.11. The Labute approximate surface area is 115 Å². The van der Waals surface area contributed by atoms with Crippen molar-refractivity contribution in [2.75, 3.05) is 31.5 Å². The van der Waals surface area contributed by atoms with Crippen molar-refractivity contribution in [2.45, 2.75) is 19.3 Å². The Hall–Kier alpha value is -1.76. The lowest BCUT2D eigenvalue weighted by molar-refractivity contribution is -0.384. The topological polar surface area (TPSA) is 58.4 Å². The molecule has 1 saturated heterocycles. The smallest absolute Gasteiger partial charge is 0.295 e. The summed E-state index contributed by atoms with van der Waals surface area (Å²) in [5.74, 6) is -2.28. The molecule has 2 rings (SSSR count). The minimum Gasteiger partial charge on any atom is -0.377 e. The number of halogens is 2. The van der Waals surface area contributed by atoms with E-state index >= 15 is 0 Å². The first-order chi connectivity index (χ1) is 9.59. The molecule has 1 N–H and O–H groups in total. The largest absolute Gasteiger partial charge is 0.377 e. The van der Waals surface area contributed by atoms with Crippen LogP contribution in [0.2, 0.25) is 0 Å². The number of anilines is 1. The van der Waals surface area contributed by atoms with Crippen molar-refractivity contribution >= 4 is 11.4 Å². The summed E-state index contributed by atoms with van der Waals surface area (Å²) in [7, 11) is 0. The average Bonchev–Trinajstić information content (AvgIpc) is 2.92. The molecule has 7 heteroatoms. The highest BCUT2D eigenvalue weighted by molar-refractivity contribution is 5.62. The minimum absolute atomic E-state index is 0.364. The molecular weight excluding hydrogens is 268 g/mol.